The van der Waals surface area contributed by atoms with E-state index in [0.29, 0.717) is 25.7 Å². The smallest absolute Gasteiger partial charge is 0.269 e. The second-order valence-electron chi connectivity index (χ2n) is 4.31. The first-order valence-electron chi connectivity index (χ1n) is 6.16. The van der Waals surface area contributed by atoms with Gasteiger partial charge in [0.15, 0.2) is 5.13 Å². The molecular weight excluding hydrogens is 331 g/mol. The molecule has 0 aliphatic heterocycles. The van der Waals surface area contributed by atoms with Gasteiger partial charge in [0.25, 0.3) is 5.91 Å². The standard InChI is InChI=1S/C13H14Cl2N4OS/c1-3-19(2)13-18-11(16)10(21-13)12(20)17-7-4-5-8(14)9(15)6-7/h4-6H,3,16H2,1-2H3,(H,17,20). The Balaban J connectivity index is 2.20. The summed E-state index contributed by atoms with van der Waals surface area (Å²) >= 11 is 13.0. The molecule has 3 N–H and O–H groups in total. The predicted octanol–water partition coefficient (Wildman–Crippen LogP) is 3.74. The van der Waals surface area contributed by atoms with E-state index in [0.717, 1.165) is 6.54 Å². The highest BCUT2D eigenvalue weighted by atomic mass is 35.5. The molecule has 0 aliphatic rings. The number of benzene rings is 1. The number of nitrogens with one attached hydrogen (secondary N) is 1. The van der Waals surface area contributed by atoms with Gasteiger partial charge in [0, 0.05) is 19.3 Å². The fourth-order valence-corrected chi connectivity index (χ4v) is 2.75. The van der Waals surface area contributed by atoms with Gasteiger partial charge in [-0.3, -0.25) is 4.79 Å². The van der Waals surface area contributed by atoms with Crippen LogP contribution >= 0.6 is 34.5 Å². The third-order valence-electron chi connectivity index (χ3n) is 2.83. The highest BCUT2D eigenvalue weighted by Gasteiger charge is 2.18. The molecule has 112 valence electrons. The van der Waals surface area contributed by atoms with Crippen molar-refractivity contribution < 1.29 is 4.79 Å². The van der Waals surface area contributed by atoms with Crippen LogP contribution in [0.15, 0.2) is 18.2 Å². The third-order valence-corrected chi connectivity index (χ3v) is 4.75. The molecule has 1 heterocycles. The van der Waals surface area contributed by atoms with E-state index in [1.165, 1.54) is 11.3 Å². The van der Waals surface area contributed by atoms with E-state index in [1.807, 2.05) is 18.9 Å². The van der Waals surface area contributed by atoms with Crippen LogP contribution in [0.5, 0.6) is 0 Å². The van der Waals surface area contributed by atoms with Crippen LogP contribution in [-0.2, 0) is 0 Å². The van der Waals surface area contributed by atoms with Crippen molar-refractivity contribution in [2.24, 2.45) is 0 Å². The molecular formula is C13H14Cl2N4OS. The summed E-state index contributed by atoms with van der Waals surface area (Å²) in [6.07, 6.45) is 0. The van der Waals surface area contributed by atoms with Crippen LogP contribution in [-0.4, -0.2) is 24.5 Å². The number of rotatable bonds is 4. The summed E-state index contributed by atoms with van der Waals surface area (Å²) in [4.78, 5) is 18.7. The molecule has 0 radical (unpaired) electrons. The number of halogens is 2. The maximum absolute atomic E-state index is 12.2. The first kappa shape index (κ1) is 15.9. The lowest BCUT2D eigenvalue weighted by atomic mass is 10.3. The fourth-order valence-electron chi connectivity index (χ4n) is 1.54. The molecule has 2 rings (SSSR count). The van der Waals surface area contributed by atoms with Gasteiger partial charge < -0.3 is 16.0 Å². The lowest BCUT2D eigenvalue weighted by Crippen LogP contribution is -2.15. The molecule has 0 unspecified atom stereocenters. The van der Waals surface area contributed by atoms with Crippen molar-refractivity contribution in [3.8, 4) is 0 Å². The van der Waals surface area contributed by atoms with Gasteiger partial charge in [0.1, 0.15) is 10.7 Å². The summed E-state index contributed by atoms with van der Waals surface area (Å²) < 4.78 is 0. The number of nitrogen functional groups attached to an aromatic ring is 1. The van der Waals surface area contributed by atoms with Crippen LogP contribution in [0.3, 0.4) is 0 Å². The molecule has 0 saturated carbocycles. The fraction of sp³-hybridized carbons (Fsp3) is 0.231. The Morgan fingerprint density at radius 3 is 2.76 bits per heavy atom. The summed E-state index contributed by atoms with van der Waals surface area (Å²) in [7, 11) is 1.89. The number of carbonyl (C=O) groups is 1. The summed E-state index contributed by atoms with van der Waals surface area (Å²) in [6, 6.07) is 4.87. The van der Waals surface area contributed by atoms with Crippen molar-refractivity contribution in [1.29, 1.82) is 0 Å². The molecule has 21 heavy (non-hydrogen) atoms. The summed E-state index contributed by atoms with van der Waals surface area (Å²) in [5.74, 6) is -0.105. The monoisotopic (exact) mass is 344 g/mol. The van der Waals surface area contributed by atoms with Crippen LogP contribution in [0.4, 0.5) is 16.6 Å². The van der Waals surface area contributed by atoms with Crippen LogP contribution < -0.4 is 16.0 Å². The van der Waals surface area contributed by atoms with Gasteiger partial charge in [-0.15, -0.1) is 0 Å². The number of anilines is 3. The van der Waals surface area contributed by atoms with Crippen molar-refractivity contribution in [2.45, 2.75) is 6.92 Å². The van der Waals surface area contributed by atoms with Gasteiger partial charge >= 0.3 is 0 Å². The molecule has 1 aromatic heterocycles. The molecule has 0 fully saturated rings. The van der Waals surface area contributed by atoms with Gasteiger partial charge in [-0.25, -0.2) is 4.98 Å². The largest absolute Gasteiger partial charge is 0.382 e. The summed E-state index contributed by atoms with van der Waals surface area (Å²) in [5.41, 5.74) is 6.36. The third kappa shape index (κ3) is 3.58. The average molecular weight is 345 g/mol. The molecule has 0 saturated heterocycles. The highest BCUT2D eigenvalue weighted by Crippen LogP contribution is 2.29. The van der Waals surface area contributed by atoms with Gasteiger partial charge in [-0.1, -0.05) is 34.5 Å². The number of hydrogen-bond acceptors (Lipinski definition) is 5. The van der Waals surface area contributed by atoms with Crippen molar-refractivity contribution in [1.82, 2.24) is 4.98 Å². The molecule has 0 bridgehead atoms. The van der Waals surface area contributed by atoms with E-state index >= 15 is 0 Å². The molecule has 0 atom stereocenters. The zero-order chi connectivity index (χ0) is 15.6. The molecule has 1 amide bonds. The minimum atomic E-state index is -0.320. The number of nitrogens with zero attached hydrogens (tertiary/aromatic N) is 2. The van der Waals surface area contributed by atoms with Crippen molar-refractivity contribution in [3.05, 3.63) is 33.1 Å². The SMILES string of the molecule is CCN(C)c1nc(N)c(C(=O)Nc2ccc(Cl)c(Cl)c2)s1. The molecule has 2 aromatic rings. The van der Waals surface area contributed by atoms with Crippen LogP contribution in [0.25, 0.3) is 0 Å². The first-order chi connectivity index (χ1) is 9.92. The number of nitrogens with two attached hydrogens (primary N) is 1. The van der Waals surface area contributed by atoms with E-state index in [1.54, 1.807) is 18.2 Å². The Bertz CT molecular complexity index is 674. The van der Waals surface area contributed by atoms with E-state index < -0.39 is 0 Å². The molecule has 8 heteroatoms. The van der Waals surface area contributed by atoms with Crippen LogP contribution in [0, 0.1) is 0 Å². The van der Waals surface area contributed by atoms with E-state index in [-0.39, 0.29) is 11.7 Å². The zero-order valence-electron chi connectivity index (χ0n) is 11.5. The van der Waals surface area contributed by atoms with Crippen LogP contribution in [0.2, 0.25) is 10.0 Å². The summed E-state index contributed by atoms with van der Waals surface area (Å²) in [5, 5.41) is 4.23. The Labute approximate surface area is 136 Å². The Kier molecular flexibility index (Phi) is 4.92. The number of carbonyl (C=O) groups excluding carboxylic acids is 1. The molecule has 5 nitrogen and oxygen atoms in total. The van der Waals surface area contributed by atoms with Gasteiger partial charge in [0.2, 0.25) is 0 Å². The van der Waals surface area contributed by atoms with Crippen molar-refractivity contribution in [3.63, 3.8) is 0 Å². The topological polar surface area (TPSA) is 71.2 Å². The van der Waals surface area contributed by atoms with E-state index in [4.69, 9.17) is 28.9 Å². The van der Waals surface area contributed by atoms with Crippen LogP contribution in [0.1, 0.15) is 16.6 Å². The molecule has 1 aromatic carbocycles. The number of aromatic nitrogens is 1. The minimum absolute atomic E-state index is 0.216. The lowest BCUT2D eigenvalue weighted by Gasteiger charge is -2.10. The first-order valence-corrected chi connectivity index (χ1v) is 7.73. The average Bonchev–Trinajstić information content (AvgIpc) is 2.84. The van der Waals surface area contributed by atoms with Gasteiger partial charge in [0.05, 0.1) is 10.0 Å². The van der Waals surface area contributed by atoms with Gasteiger partial charge in [-0.05, 0) is 25.1 Å². The second-order valence-corrected chi connectivity index (χ2v) is 6.10. The minimum Gasteiger partial charge on any atom is -0.382 e. The summed E-state index contributed by atoms with van der Waals surface area (Å²) in [6.45, 7) is 2.77. The number of hydrogen-bond donors (Lipinski definition) is 2. The highest BCUT2D eigenvalue weighted by molar-refractivity contribution is 7.18. The van der Waals surface area contributed by atoms with E-state index in [2.05, 4.69) is 10.3 Å². The molecule has 0 aliphatic carbocycles. The predicted molar refractivity (Wildman–Crippen MR) is 89.9 cm³/mol. The second kappa shape index (κ2) is 6.51. The lowest BCUT2D eigenvalue weighted by molar-refractivity contribution is 0.103. The maximum atomic E-state index is 12.2. The van der Waals surface area contributed by atoms with Crippen molar-refractivity contribution in [2.75, 3.05) is 29.5 Å². The normalized spacial score (nSPS) is 10.5. The van der Waals surface area contributed by atoms with Crippen molar-refractivity contribution >= 4 is 57.1 Å². The number of amides is 1. The van der Waals surface area contributed by atoms with Gasteiger partial charge in [-0.2, -0.15) is 0 Å². The molecule has 0 spiro atoms. The Morgan fingerprint density at radius 1 is 1.43 bits per heavy atom. The number of thiazole rings is 1. The maximum Gasteiger partial charge on any atom is 0.269 e. The zero-order valence-corrected chi connectivity index (χ0v) is 13.8. The Morgan fingerprint density at radius 2 is 2.14 bits per heavy atom. The Hall–Kier alpha value is -1.50. The van der Waals surface area contributed by atoms with E-state index in [9.17, 15) is 4.79 Å². The quantitative estimate of drug-likeness (QED) is 0.886.